The third-order valence-electron chi connectivity index (χ3n) is 5.00. The molecule has 1 unspecified atom stereocenters. The monoisotopic (exact) mass is 346 g/mol. The summed E-state index contributed by atoms with van der Waals surface area (Å²) < 4.78 is 11.5. The third kappa shape index (κ3) is 5.72. The first-order chi connectivity index (χ1) is 12.2. The Balaban J connectivity index is 1.45. The van der Waals surface area contributed by atoms with Crippen LogP contribution in [0.15, 0.2) is 24.3 Å². The van der Waals surface area contributed by atoms with E-state index in [1.165, 1.54) is 32.1 Å². The predicted molar refractivity (Wildman–Crippen MR) is 98.6 cm³/mol. The molecule has 138 valence electrons. The highest BCUT2D eigenvalue weighted by Crippen LogP contribution is 2.22. The molecule has 1 saturated heterocycles. The quantitative estimate of drug-likeness (QED) is 0.859. The largest absolute Gasteiger partial charge is 0.376 e. The number of ether oxygens (including phenoxy) is 2. The molecule has 0 radical (unpaired) electrons. The van der Waals surface area contributed by atoms with Gasteiger partial charge in [0.1, 0.15) is 0 Å². The summed E-state index contributed by atoms with van der Waals surface area (Å²) in [7, 11) is 0. The van der Waals surface area contributed by atoms with Gasteiger partial charge in [-0.25, -0.2) is 0 Å². The van der Waals surface area contributed by atoms with Crippen molar-refractivity contribution in [3.05, 3.63) is 29.8 Å². The van der Waals surface area contributed by atoms with Crippen molar-refractivity contribution in [2.75, 3.05) is 31.6 Å². The Kier molecular flexibility index (Phi) is 6.70. The van der Waals surface area contributed by atoms with Gasteiger partial charge in [-0.15, -0.1) is 0 Å². The van der Waals surface area contributed by atoms with Crippen molar-refractivity contribution in [2.24, 2.45) is 0 Å². The van der Waals surface area contributed by atoms with Crippen molar-refractivity contribution in [3.8, 4) is 0 Å². The molecule has 25 heavy (non-hydrogen) atoms. The van der Waals surface area contributed by atoms with E-state index in [2.05, 4.69) is 17.4 Å². The molecule has 2 fully saturated rings. The number of nitrogens with one attached hydrogen (secondary N) is 1. The van der Waals surface area contributed by atoms with Gasteiger partial charge in [0.05, 0.1) is 32.0 Å². The third-order valence-corrected chi connectivity index (χ3v) is 5.00. The number of hydrogen-bond donors (Lipinski definition) is 1. The molecule has 0 spiro atoms. The topological polar surface area (TPSA) is 50.8 Å². The van der Waals surface area contributed by atoms with Crippen molar-refractivity contribution < 1.29 is 14.3 Å². The van der Waals surface area contributed by atoms with Crippen LogP contribution in [0.5, 0.6) is 0 Å². The maximum atomic E-state index is 12.3. The molecular weight excluding hydrogens is 316 g/mol. The van der Waals surface area contributed by atoms with Crippen LogP contribution in [0.4, 0.5) is 5.69 Å². The number of benzene rings is 1. The van der Waals surface area contributed by atoms with Gasteiger partial charge in [0.15, 0.2) is 0 Å². The Morgan fingerprint density at radius 1 is 1.32 bits per heavy atom. The van der Waals surface area contributed by atoms with Gasteiger partial charge >= 0.3 is 0 Å². The van der Waals surface area contributed by atoms with Crippen LogP contribution >= 0.6 is 0 Å². The minimum Gasteiger partial charge on any atom is -0.376 e. The summed E-state index contributed by atoms with van der Waals surface area (Å²) in [5.41, 5.74) is 2.13. The molecular formula is C20H30N2O3. The van der Waals surface area contributed by atoms with E-state index in [1.807, 2.05) is 24.0 Å². The summed E-state index contributed by atoms with van der Waals surface area (Å²) in [5.74, 6) is 0.124. The molecule has 1 aliphatic carbocycles. The van der Waals surface area contributed by atoms with E-state index < -0.39 is 0 Å². The second-order valence-electron chi connectivity index (χ2n) is 7.15. The van der Waals surface area contributed by atoms with Crippen LogP contribution in [0, 0.1) is 0 Å². The standard InChI is InChI=1S/C20H30N2O3/c1-16-14-22(10-11-24-16)20(23)13-21-18-7-5-6-17(12-18)15-25-19-8-3-2-4-9-19/h5-7,12,16,19,21H,2-4,8-11,13-15H2,1H3. The fourth-order valence-corrected chi connectivity index (χ4v) is 3.55. The van der Waals surface area contributed by atoms with E-state index >= 15 is 0 Å². The smallest absolute Gasteiger partial charge is 0.242 e. The highest BCUT2D eigenvalue weighted by atomic mass is 16.5. The van der Waals surface area contributed by atoms with Crippen LogP contribution in [0.1, 0.15) is 44.6 Å². The molecule has 5 nitrogen and oxygen atoms in total. The van der Waals surface area contributed by atoms with Gasteiger partial charge in [0.2, 0.25) is 5.91 Å². The van der Waals surface area contributed by atoms with Crippen molar-refractivity contribution in [1.29, 1.82) is 0 Å². The Morgan fingerprint density at radius 3 is 2.96 bits per heavy atom. The Labute approximate surface area is 150 Å². The van der Waals surface area contributed by atoms with Crippen molar-refractivity contribution in [1.82, 2.24) is 4.90 Å². The minimum atomic E-state index is 0.123. The molecule has 5 heteroatoms. The van der Waals surface area contributed by atoms with Gasteiger partial charge in [-0.3, -0.25) is 4.79 Å². The van der Waals surface area contributed by atoms with Crippen LogP contribution in [0.3, 0.4) is 0 Å². The van der Waals surface area contributed by atoms with E-state index in [9.17, 15) is 4.79 Å². The summed E-state index contributed by atoms with van der Waals surface area (Å²) in [6, 6.07) is 8.18. The Morgan fingerprint density at radius 2 is 2.16 bits per heavy atom. The molecule has 0 bridgehead atoms. The minimum absolute atomic E-state index is 0.123. The molecule has 1 aliphatic heterocycles. The highest BCUT2D eigenvalue weighted by molar-refractivity contribution is 5.81. The van der Waals surface area contributed by atoms with E-state index in [0.29, 0.717) is 39.0 Å². The molecule has 1 N–H and O–H groups in total. The number of hydrogen-bond acceptors (Lipinski definition) is 4. The average molecular weight is 346 g/mol. The molecule has 1 heterocycles. The lowest BCUT2D eigenvalue weighted by Gasteiger charge is -2.31. The molecule has 0 aromatic heterocycles. The zero-order valence-corrected chi connectivity index (χ0v) is 15.2. The molecule has 1 atom stereocenters. The Bertz CT molecular complexity index is 558. The summed E-state index contributed by atoms with van der Waals surface area (Å²) >= 11 is 0. The number of nitrogens with zero attached hydrogens (tertiary/aromatic N) is 1. The number of rotatable bonds is 6. The van der Waals surface area contributed by atoms with Gasteiger partial charge < -0.3 is 19.7 Å². The van der Waals surface area contributed by atoms with Crippen molar-refractivity contribution in [2.45, 2.75) is 57.8 Å². The summed E-state index contributed by atoms with van der Waals surface area (Å²) in [5, 5.41) is 3.25. The summed E-state index contributed by atoms with van der Waals surface area (Å²) in [6.07, 6.45) is 6.82. The molecule has 3 rings (SSSR count). The maximum Gasteiger partial charge on any atom is 0.242 e. The maximum absolute atomic E-state index is 12.3. The predicted octanol–water partition coefficient (Wildman–Crippen LogP) is 3.20. The lowest BCUT2D eigenvalue weighted by molar-refractivity contribution is -0.136. The highest BCUT2D eigenvalue weighted by Gasteiger charge is 2.21. The first-order valence-electron chi connectivity index (χ1n) is 9.54. The van der Waals surface area contributed by atoms with Gasteiger partial charge in [0.25, 0.3) is 0 Å². The van der Waals surface area contributed by atoms with E-state index in [1.54, 1.807) is 0 Å². The van der Waals surface area contributed by atoms with Gasteiger partial charge in [-0.05, 0) is 37.5 Å². The van der Waals surface area contributed by atoms with E-state index in [4.69, 9.17) is 9.47 Å². The zero-order chi connectivity index (χ0) is 17.5. The summed E-state index contributed by atoms with van der Waals surface area (Å²) in [4.78, 5) is 14.2. The Hall–Kier alpha value is -1.59. The van der Waals surface area contributed by atoms with Crippen LogP contribution in [0.25, 0.3) is 0 Å². The SMILES string of the molecule is CC1CN(C(=O)CNc2cccc(COC3CCCCC3)c2)CCO1. The van der Waals surface area contributed by atoms with E-state index in [-0.39, 0.29) is 12.0 Å². The van der Waals surface area contributed by atoms with Gasteiger partial charge in [0, 0.05) is 18.8 Å². The molecule has 1 aromatic carbocycles. The molecule has 1 amide bonds. The van der Waals surface area contributed by atoms with Gasteiger partial charge in [-0.1, -0.05) is 31.4 Å². The number of amides is 1. The molecule has 1 aromatic rings. The average Bonchev–Trinajstić information content (AvgIpc) is 2.66. The van der Waals surface area contributed by atoms with E-state index in [0.717, 1.165) is 11.3 Å². The van der Waals surface area contributed by atoms with Crippen LogP contribution in [0.2, 0.25) is 0 Å². The number of anilines is 1. The number of morpholine rings is 1. The first-order valence-corrected chi connectivity index (χ1v) is 9.54. The molecule has 1 saturated carbocycles. The second kappa shape index (κ2) is 9.20. The lowest BCUT2D eigenvalue weighted by Crippen LogP contribution is -2.46. The fraction of sp³-hybridized carbons (Fsp3) is 0.650. The van der Waals surface area contributed by atoms with Crippen molar-refractivity contribution in [3.63, 3.8) is 0 Å². The second-order valence-corrected chi connectivity index (χ2v) is 7.15. The van der Waals surface area contributed by atoms with Gasteiger partial charge in [-0.2, -0.15) is 0 Å². The van der Waals surface area contributed by atoms with Crippen molar-refractivity contribution >= 4 is 11.6 Å². The lowest BCUT2D eigenvalue weighted by atomic mass is 9.98. The zero-order valence-electron chi connectivity index (χ0n) is 15.2. The number of carbonyl (C=O) groups excluding carboxylic acids is 1. The van der Waals surface area contributed by atoms with Crippen LogP contribution in [-0.2, 0) is 20.9 Å². The first kappa shape index (κ1) is 18.2. The summed E-state index contributed by atoms with van der Waals surface area (Å²) in [6.45, 7) is 4.95. The van der Waals surface area contributed by atoms with Crippen LogP contribution in [-0.4, -0.2) is 49.3 Å². The van der Waals surface area contributed by atoms with Crippen LogP contribution < -0.4 is 5.32 Å². The molecule has 2 aliphatic rings. The normalized spacial score (nSPS) is 22.0. The number of carbonyl (C=O) groups is 1. The fourth-order valence-electron chi connectivity index (χ4n) is 3.55.